The summed E-state index contributed by atoms with van der Waals surface area (Å²) in [7, 11) is 0. The van der Waals surface area contributed by atoms with Gasteiger partial charge >= 0.3 is 0 Å². The van der Waals surface area contributed by atoms with E-state index in [0.717, 1.165) is 16.7 Å². The molecule has 0 unspecified atom stereocenters. The Balaban J connectivity index is 2.06. The van der Waals surface area contributed by atoms with E-state index in [0.29, 0.717) is 0 Å². The van der Waals surface area contributed by atoms with Crippen molar-refractivity contribution in [3.05, 3.63) is 94.6 Å². The predicted octanol–water partition coefficient (Wildman–Crippen LogP) is 5.32. The van der Waals surface area contributed by atoms with Crippen LogP contribution in [0.2, 0.25) is 0 Å². The lowest BCUT2D eigenvalue weighted by Crippen LogP contribution is -2.14. The van der Waals surface area contributed by atoms with Crippen LogP contribution in [0.25, 0.3) is 11.1 Å². The highest BCUT2D eigenvalue weighted by molar-refractivity contribution is 6.17. The van der Waals surface area contributed by atoms with Crippen LogP contribution in [0.4, 0.5) is 0 Å². The Morgan fingerprint density at radius 2 is 1.38 bits per heavy atom. The summed E-state index contributed by atoms with van der Waals surface area (Å²) in [5.74, 6) is 0.0638. The molecule has 118 valence electrons. The average Bonchev–Trinajstić information content (AvgIpc) is 2.88. The summed E-state index contributed by atoms with van der Waals surface area (Å²) < 4.78 is 0. The molecule has 24 heavy (non-hydrogen) atoms. The lowest BCUT2D eigenvalue weighted by molar-refractivity contribution is -0.110. The van der Waals surface area contributed by atoms with Crippen molar-refractivity contribution in [1.29, 1.82) is 0 Å². The molecule has 0 fully saturated rings. The van der Waals surface area contributed by atoms with Crippen molar-refractivity contribution in [2.75, 3.05) is 0 Å². The van der Waals surface area contributed by atoms with Gasteiger partial charge in [-0.05, 0) is 62.6 Å². The molecule has 1 heteroatoms. The summed E-state index contributed by atoms with van der Waals surface area (Å²) in [5, 5.41) is 0. The van der Waals surface area contributed by atoms with Crippen molar-refractivity contribution in [3.8, 4) is 0 Å². The van der Waals surface area contributed by atoms with Gasteiger partial charge in [0.15, 0.2) is 5.78 Å². The Hall–Kier alpha value is -2.67. The van der Waals surface area contributed by atoms with E-state index in [2.05, 4.69) is 63.2 Å². The first-order valence-electron chi connectivity index (χ1n) is 8.35. The lowest BCUT2D eigenvalue weighted by atomic mass is 9.80. The predicted molar refractivity (Wildman–Crippen MR) is 99.7 cm³/mol. The Morgan fingerprint density at radius 3 is 2.08 bits per heavy atom. The zero-order valence-electron chi connectivity index (χ0n) is 14.3. The number of allylic oxidation sites excluding steroid dienone is 5. The Bertz CT molecular complexity index is 946. The summed E-state index contributed by atoms with van der Waals surface area (Å²) >= 11 is 0. The minimum Gasteiger partial charge on any atom is -0.290 e. The van der Waals surface area contributed by atoms with Gasteiger partial charge in [-0.2, -0.15) is 0 Å². The van der Waals surface area contributed by atoms with Crippen LogP contribution in [-0.4, -0.2) is 5.78 Å². The molecule has 0 amide bonds. The number of hydrogen-bond donors (Lipinski definition) is 0. The van der Waals surface area contributed by atoms with E-state index in [4.69, 9.17) is 0 Å². The van der Waals surface area contributed by atoms with Crippen molar-refractivity contribution in [1.82, 2.24) is 0 Å². The number of benzene rings is 2. The number of ketones is 1. The van der Waals surface area contributed by atoms with Crippen LogP contribution >= 0.6 is 0 Å². The summed E-state index contributed by atoms with van der Waals surface area (Å²) in [6, 6.07) is 17.0. The van der Waals surface area contributed by atoms with E-state index in [9.17, 15) is 4.79 Å². The molecule has 0 bridgehead atoms. The van der Waals surface area contributed by atoms with Crippen molar-refractivity contribution in [2.24, 2.45) is 0 Å². The largest absolute Gasteiger partial charge is 0.290 e. The lowest BCUT2D eigenvalue weighted by Gasteiger charge is -2.24. The van der Waals surface area contributed by atoms with E-state index in [-0.39, 0.29) is 11.2 Å². The molecule has 0 aromatic heterocycles. The van der Waals surface area contributed by atoms with Gasteiger partial charge in [0.05, 0.1) is 0 Å². The highest BCUT2D eigenvalue weighted by atomic mass is 16.1. The summed E-state index contributed by atoms with van der Waals surface area (Å²) in [6.45, 7) is 6.73. The topological polar surface area (TPSA) is 17.1 Å². The third-order valence-corrected chi connectivity index (χ3v) is 4.75. The summed E-state index contributed by atoms with van der Waals surface area (Å²) in [6.07, 6.45) is 5.41. The normalized spacial score (nSPS) is 16.1. The quantitative estimate of drug-likeness (QED) is 0.696. The van der Waals surface area contributed by atoms with E-state index in [1.165, 1.54) is 22.3 Å². The Kier molecular flexibility index (Phi) is 3.21. The maximum atomic E-state index is 11.9. The van der Waals surface area contributed by atoms with Gasteiger partial charge in [0.25, 0.3) is 0 Å². The van der Waals surface area contributed by atoms with Crippen molar-refractivity contribution >= 4 is 16.9 Å². The molecule has 0 radical (unpaired) electrons. The smallest absolute Gasteiger partial charge is 0.179 e. The van der Waals surface area contributed by atoms with E-state index >= 15 is 0 Å². The molecule has 0 heterocycles. The van der Waals surface area contributed by atoms with Crippen molar-refractivity contribution < 1.29 is 4.79 Å². The molecule has 1 nitrogen and oxygen atoms in total. The second kappa shape index (κ2) is 5.17. The number of fused-ring (bicyclic) bond motifs is 3. The highest BCUT2D eigenvalue weighted by Crippen LogP contribution is 2.47. The molecular weight excluding hydrogens is 292 g/mol. The molecule has 0 spiro atoms. The molecule has 0 atom stereocenters. The second-order valence-corrected chi connectivity index (χ2v) is 7.42. The summed E-state index contributed by atoms with van der Waals surface area (Å²) in [5.41, 5.74) is 8.47. The molecule has 0 saturated heterocycles. The molecule has 0 N–H and O–H groups in total. The fourth-order valence-electron chi connectivity index (χ4n) is 3.69. The first-order valence-corrected chi connectivity index (χ1v) is 8.35. The summed E-state index contributed by atoms with van der Waals surface area (Å²) in [4.78, 5) is 11.9. The molecule has 4 rings (SSSR count). The van der Waals surface area contributed by atoms with Gasteiger partial charge in [-0.25, -0.2) is 0 Å². The van der Waals surface area contributed by atoms with Crippen LogP contribution in [0.15, 0.2) is 72.3 Å². The van der Waals surface area contributed by atoms with Crippen molar-refractivity contribution in [2.45, 2.75) is 26.2 Å². The highest BCUT2D eigenvalue weighted by Gasteiger charge is 2.30. The van der Waals surface area contributed by atoms with E-state index < -0.39 is 0 Å². The average molecular weight is 312 g/mol. The first-order chi connectivity index (χ1) is 11.5. The van der Waals surface area contributed by atoms with Crippen LogP contribution in [-0.2, 0) is 10.2 Å². The fraction of sp³-hybridized carbons (Fsp3) is 0.174. The molecule has 2 aromatic rings. The molecule has 0 aliphatic heterocycles. The molecule has 2 aliphatic rings. The third-order valence-electron chi connectivity index (χ3n) is 4.75. The third kappa shape index (κ3) is 2.20. The zero-order valence-corrected chi connectivity index (χ0v) is 14.3. The van der Waals surface area contributed by atoms with Crippen LogP contribution < -0.4 is 0 Å². The van der Waals surface area contributed by atoms with Gasteiger partial charge in [0.2, 0.25) is 0 Å². The maximum Gasteiger partial charge on any atom is 0.179 e. The minimum atomic E-state index is 0.0553. The van der Waals surface area contributed by atoms with E-state index in [1.807, 2.05) is 12.1 Å². The number of carbonyl (C=O) groups is 1. The Morgan fingerprint density at radius 1 is 0.750 bits per heavy atom. The van der Waals surface area contributed by atoms with Gasteiger partial charge in [0.1, 0.15) is 0 Å². The number of hydrogen-bond acceptors (Lipinski definition) is 1. The zero-order chi connectivity index (χ0) is 16.9. The molecule has 0 saturated carbocycles. The monoisotopic (exact) mass is 312 g/mol. The minimum absolute atomic E-state index is 0.0553. The number of carbonyl (C=O) groups excluding carboxylic acids is 1. The van der Waals surface area contributed by atoms with Gasteiger partial charge in [-0.3, -0.25) is 4.79 Å². The fourth-order valence-corrected chi connectivity index (χ4v) is 3.69. The van der Waals surface area contributed by atoms with Crippen LogP contribution in [0.3, 0.4) is 0 Å². The van der Waals surface area contributed by atoms with Crippen LogP contribution in [0.1, 0.15) is 43.0 Å². The SMILES string of the molecule is CC(C)(C)c1ccccc1C1=C2C=CC(=O)C=C2c2ccccc21. The number of rotatable bonds is 1. The van der Waals surface area contributed by atoms with Gasteiger partial charge in [-0.1, -0.05) is 69.3 Å². The Labute approximate surface area is 143 Å². The maximum absolute atomic E-state index is 11.9. The molecular formula is C23H20O. The van der Waals surface area contributed by atoms with Gasteiger partial charge in [0, 0.05) is 0 Å². The van der Waals surface area contributed by atoms with Crippen LogP contribution in [0, 0.1) is 0 Å². The van der Waals surface area contributed by atoms with Crippen molar-refractivity contribution in [3.63, 3.8) is 0 Å². The van der Waals surface area contributed by atoms with E-state index in [1.54, 1.807) is 12.2 Å². The molecule has 2 aromatic carbocycles. The first kappa shape index (κ1) is 14.9. The van der Waals surface area contributed by atoms with Crippen LogP contribution in [0.5, 0.6) is 0 Å². The molecule has 2 aliphatic carbocycles. The standard InChI is InChI=1S/C23H20O/c1-23(2,3)21-11-7-6-10-19(21)22-17-9-5-4-8-16(17)20-14-15(24)12-13-18(20)22/h4-14H,1-3H3. The van der Waals surface area contributed by atoms with Gasteiger partial charge in [-0.15, -0.1) is 0 Å². The second-order valence-electron chi connectivity index (χ2n) is 7.42. The van der Waals surface area contributed by atoms with Gasteiger partial charge < -0.3 is 0 Å².